The number of hydrogen-bond acceptors (Lipinski definition) is 3. The van der Waals surface area contributed by atoms with Crippen molar-refractivity contribution in [3.63, 3.8) is 0 Å². The normalized spacial score (nSPS) is 10.4. The lowest BCUT2D eigenvalue weighted by Gasteiger charge is -2.06. The molecular formula is C15H14BrNO3S. The molecule has 110 valence electrons. The number of halogens is 1. The van der Waals surface area contributed by atoms with E-state index in [1.54, 1.807) is 12.1 Å². The van der Waals surface area contributed by atoms with Crippen molar-refractivity contribution in [2.24, 2.45) is 0 Å². The van der Waals surface area contributed by atoms with Crippen LogP contribution in [0.1, 0.15) is 37.4 Å². The van der Waals surface area contributed by atoms with E-state index in [1.165, 1.54) is 22.3 Å². The number of anilines is 1. The first-order valence-electron chi connectivity index (χ1n) is 6.36. The number of thiophene rings is 1. The van der Waals surface area contributed by atoms with Gasteiger partial charge in [0.05, 0.1) is 10.4 Å². The molecule has 0 saturated heterocycles. The molecule has 0 bridgehead atoms. The number of nitrogens with one attached hydrogen (secondary N) is 1. The maximum atomic E-state index is 12.2. The van der Waals surface area contributed by atoms with Gasteiger partial charge in [0, 0.05) is 15.0 Å². The summed E-state index contributed by atoms with van der Waals surface area (Å²) in [6, 6.07) is 6.56. The van der Waals surface area contributed by atoms with Crippen molar-refractivity contribution < 1.29 is 14.7 Å². The van der Waals surface area contributed by atoms with Gasteiger partial charge in [-0.15, -0.1) is 11.3 Å². The molecule has 1 heterocycles. The summed E-state index contributed by atoms with van der Waals surface area (Å²) in [6.45, 7) is 4.03. The first kappa shape index (κ1) is 15.7. The summed E-state index contributed by atoms with van der Waals surface area (Å²) in [6.07, 6.45) is 0.894. The number of carbonyl (C=O) groups is 2. The maximum absolute atomic E-state index is 12.2. The number of aryl methyl sites for hydroxylation is 2. The molecule has 0 aliphatic rings. The molecule has 2 rings (SSSR count). The van der Waals surface area contributed by atoms with E-state index in [0.717, 1.165) is 12.0 Å². The van der Waals surface area contributed by atoms with Crippen molar-refractivity contribution >= 4 is 44.8 Å². The highest BCUT2D eigenvalue weighted by Gasteiger charge is 2.14. The first-order chi connectivity index (χ1) is 9.92. The van der Waals surface area contributed by atoms with Crippen molar-refractivity contribution in [2.75, 3.05) is 5.32 Å². The summed E-state index contributed by atoms with van der Waals surface area (Å²) in [4.78, 5) is 25.1. The van der Waals surface area contributed by atoms with E-state index < -0.39 is 5.97 Å². The number of hydrogen-bond donors (Lipinski definition) is 2. The third kappa shape index (κ3) is 3.51. The second kappa shape index (κ2) is 6.41. The molecule has 1 aromatic heterocycles. The third-order valence-corrected chi connectivity index (χ3v) is 5.09. The van der Waals surface area contributed by atoms with E-state index in [0.29, 0.717) is 15.0 Å². The van der Waals surface area contributed by atoms with Gasteiger partial charge in [-0.25, -0.2) is 4.79 Å². The highest BCUT2D eigenvalue weighted by Crippen LogP contribution is 2.25. The van der Waals surface area contributed by atoms with Crippen LogP contribution in [0.15, 0.2) is 28.7 Å². The zero-order valence-electron chi connectivity index (χ0n) is 11.6. The minimum absolute atomic E-state index is 0.115. The Hall–Kier alpha value is -1.66. The molecule has 1 aromatic carbocycles. The first-order valence-corrected chi connectivity index (χ1v) is 7.96. The number of carboxylic acids is 1. The van der Waals surface area contributed by atoms with E-state index in [4.69, 9.17) is 5.11 Å². The van der Waals surface area contributed by atoms with Crippen LogP contribution in [0.2, 0.25) is 0 Å². The zero-order valence-corrected chi connectivity index (χ0v) is 14.0. The predicted molar refractivity (Wildman–Crippen MR) is 87.5 cm³/mol. The highest BCUT2D eigenvalue weighted by atomic mass is 79.9. The quantitative estimate of drug-likeness (QED) is 0.844. The monoisotopic (exact) mass is 367 g/mol. The van der Waals surface area contributed by atoms with Crippen LogP contribution in [0.3, 0.4) is 0 Å². The molecule has 6 heteroatoms. The van der Waals surface area contributed by atoms with Crippen LogP contribution >= 0.6 is 27.3 Å². The minimum atomic E-state index is -1.04. The largest absolute Gasteiger partial charge is 0.478 e. The van der Waals surface area contributed by atoms with Crippen molar-refractivity contribution in [2.45, 2.75) is 20.3 Å². The summed E-state index contributed by atoms with van der Waals surface area (Å²) in [7, 11) is 0. The topological polar surface area (TPSA) is 66.4 Å². The fourth-order valence-electron chi connectivity index (χ4n) is 1.94. The highest BCUT2D eigenvalue weighted by molar-refractivity contribution is 9.10. The molecule has 1 amide bonds. The number of carbonyl (C=O) groups excluding carboxylic acids is 1. The van der Waals surface area contributed by atoms with Crippen LogP contribution in [0.5, 0.6) is 0 Å². The van der Waals surface area contributed by atoms with Crippen molar-refractivity contribution in [3.8, 4) is 0 Å². The number of amides is 1. The third-order valence-electron chi connectivity index (χ3n) is 3.02. The average Bonchev–Trinajstić information content (AvgIpc) is 2.82. The van der Waals surface area contributed by atoms with Crippen molar-refractivity contribution in [1.82, 2.24) is 0 Å². The van der Waals surface area contributed by atoms with E-state index in [1.807, 2.05) is 19.9 Å². The van der Waals surface area contributed by atoms with Gasteiger partial charge in [0.25, 0.3) is 5.91 Å². The summed E-state index contributed by atoms with van der Waals surface area (Å²) >= 11 is 4.64. The molecule has 0 fully saturated rings. The lowest BCUT2D eigenvalue weighted by Crippen LogP contribution is -2.11. The minimum Gasteiger partial charge on any atom is -0.478 e. The van der Waals surface area contributed by atoms with Gasteiger partial charge in [0.2, 0.25) is 0 Å². The molecule has 0 unspecified atom stereocenters. The van der Waals surface area contributed by atoms with Crippen LogP contribution < -0.4 is 5.32 Å². The Morgan fingerprint density at radius 2 is 2.05 bits per heavy atom. The summed E-state index contributed by atoms with van der Waals surface area (Å²) in [5, 5.41) is 11.8. The van der Waals surface area contributed by atoms with E-state index in [9.17, 15) is 9.59 Å². The van der Waals surface area contributed by atoms with Gasteiger partial charge in [-0.05, 0) is 59.1 Å². The van der Waals surface area contributed by atoms with Gasteiger partial charge in [0.15, 0.2) is 0 Å². The summed E-state index contributed by atoms with van der Waals surface area (Å²) in [5.74, 6) is -1.26. The molecule has 2 aromatic rings. The molecule has 4 nitrogen and oxygen atoms in total. The van der Waals surface area contributed by atoms with Gasteiger partial charge in [-0.2, -0.15) is 0 Å². The second-order valence-electron chi connectivity index (χ2n) is 4.52. The SMILES string of the molecule is CCc1sc(C(=O)Nc2ccc(Br)c(C(=O)O)c2)cc1C. The number of rotatable bonds is 4. The molecule has 21 heavy (non-hydrogen) atoms. The predicted octanol–water partition coefficient (Wildman–Crippen LogP) is 4.33. The Morgan fingerprint density at radius 3 is 2.62 bits per heavy atom. The lowest BCUT2D eigenvalue weighted by atomic mass is 10.2. The van der Waals surface area contributed by atoms with Crippen LogP contribution in [-0.2, 0) is 6.42 Å². The summed E-state index contributed by atoms with van der Waals surface area (Å²) < 4.78 is 0.480. The Morgan fingerprint density at radius 1 is 1.33 bits per heavy atom. The lowest BCUT2D eigenvalue weighted by molar-refractivity contribution is 0.0695. The molecule has 2 N–H and O–H groups in total. The maximum Gasteiger partial charge on any atom is 0.336 e. The smallest absolute Gasteiger partial charge is 0.336 e. The Kier molecular flexibility index (Phi) is 4.80. The van der Waals surface area contributed by atoms with Gasteiger partial charge >= 0.3 is 5.97 Å². The van der Waals surface area contributed by atoms with Gasteiger partial charge in [0.1, 0.15) is 0 Å². The van der Waals surface area contributed by atoms with Gasteiger partial charge in [-0.1, -0.05) is 6.92 Å². The fourth-order valence-corrected chi connectivity index (χ4v) is 3.37. The molecule has 0 aliphatic heterocycles. The zero-order chi connectivity index (χ0) is 15.6. The molecule has 0 saturated carbocycles. The van der Waals surface area contributed by atoms with E-state index in [2.05, 4.69) is 21.2 Å². The van der Waals surface area contributed by atoms with Gasteiger partial charge in [-0.3, -0.25) is 4.79 Å². The molecule has 0 atom stereocenters. The number of carboxylic acid groups (broad SMARTS) is 1. The molecule has 0 spiro atoms. The number of aromatic carboxylic acids is 1. The molecule has 0 aliphatic carbocycles. The van der Waals surface area contributed by atoms with Crippen molar-refractivity contribution in [3.05, 3.63) is 49.6 Å². The average molecular weight is 368 g/mol. The second-order valence-corrected chi connectivity index (χ2v) is 6.52. The fraction of sp³-hybridized carbons (Fsp3) is 0.200. The van der Waals surface area contributed by atoms with Crippen LogP contribution in [-0.4, -0.2) is 17.0 Å². The van der Waals surface area contributed by atoms with Gasteiger partial charge < -0.3 is 10.4 Å². The van der Waals surface area contributed by atoms with Crippen LogP contribution in [0.4, 0.5) is 5.69 Å². The Bertz CT molecular complexity index is 709. The Labute approximate surface area is 134 Å². The summed E-state index contributed by atoms with van der Waals surface area (Å²) in [5.41, 5.74) is 1.68. The van der Waals surface area contributed by atoms with Crippen molar-refractivity contribution in [1.29, 1.82) is 0 Å². The standard InChI is InChI=1S/C15H14BrNO3S/c1-3-12-8(2)6-13(21-12)14(18)17-9-4-5-11(16)10(7-9)15(19)20/h4-7H,3H2,1-2H3,(H,17,18)(H,19,20). The van der Waals surface area contributed by atoms with Crippen LogP contribution in [0, 0.1) is 6.92 Å². The Balaban J connectivity index is 2.23. The van der Waals surface area contributed by atoms with E-state index in [-0.39, 0.29) is 11.5 Å². The molecule has 0 radical (unpaired) electrons. The van der Waals surface area contributed by atoms with E-state index >= 15 is 0 Å². The molecular weight excluding hydrogens is 354 g/mol. The number of benzene rings is 1. The van der Waals surface area contributed by atoms with Crippen LogP contribution in [0.25, 0.3) is 0 Å².